The molecule has 10 nitrogen and oxygen atoms in total. The summed E-state index contributed by atoms with van der Waals surface area (Å²) in [7, 11) is 0. The molecule has 0 aromatic heterocycles. The first kappa shape index (κ1) is 10.1. The molecule has 0 aromatic rings. The number of hydrogen-bond donors (Lipinski definition) is 3. The molecule has 3 N–H and O–H groups in total. The summed E-state index contributed by atoms with van der Waals surface area (Å²) in [6.07, 6.45) is 0. The summed E-state index contributed by atoms with van der Waals surface area (Å²) in [4.78, 5) is 6.91. The van der Waals surface area contributed by atoms with Crippen molar-refractivity contribution < 1.29 is 15.1 Å². The van der Waals surface area contributed by atoms with Crippen molar-refractivity contribution in [1.82, 2.24) is 10.9 Å². The standard InChI is InChI=1S/C4H8N6O4/c11-9-10(12)4(7-8-14-13)3-5-1-2-6-3/h8,11,13H,1-2H2,(H,5,6)/p-1/b7-4?,10-9-. The largest absolute Gasteiger partial charge is 0.758 e. The van der Waals surface area contributed by atoms with Gasteiger partial charge in [-0.3, -0.25) is 4.99 Å². The Morgan fingerprint density at radius 1 is 1.79 bits per heavy atom. The van der Waals surface area contributed by atoms with E-state index in [-0.39, 0.29) is 10.7 Å². The van der Waals surface area contributed by atoms with E-state index >= 15 is 0 Å². The van der Waals surface area contributed by atoms with Gasteiger partial charge in [-0.2, -0.15) is 0 Å². The number of rotatable bonds is 3. The zero-order chi connectivity index (χ0) is 10.4. The zero-order valence-corrected chi connectivity index (χ0v) is 6.88. The second-order valence-electron chi connectivity index (χ2n) is 2.13. The Labute approximate surface area is 77.6 Å². The third-order valence-electron chi connectivity index (χ3n) is 1.33. The molecule has 0 saturated carbocycles. The molecule has 1 heterocycles. The Morgan fingerprint density at radius 3 is 3.07 bits per heavy atom. The summed E-state index contributed by atoms with van der Waals surface area (Å²) in [6, 6.07) is 0. The van der Waals surface area contributed by atoms with E-state index in [0.717, 1.165) is 0 Å². The molecule has 1 aliphatic rings. The molecule has 0 unspecified atom stereocenters. The summed E-state index contributed by atoms with van der Waals surface area (Å²) in [5.41, 5.74) is 1.62. The average Bonchev–Trinajstić information content (AvgIpc) is 2.71. The Morgan fingerprint density at radius 2 is 2.57 bits per heavy atom. The van der Waals surface area contributed by atoms with Gasteiger partial charge in [0.05, 0.1) is 11.6 Å². The summed E-state index contributed by atoms with van der Waals surface area (Å²) in [5.74, 6) is -0.323. The third kappa shape index (κ3) is 2.27. The fourth-order valence-electron chi connectivity index (χ4n) is 0.836. The van der Waals surface area contributed by atoms with Crippen LogP contribution in [0.1, 0.15) is 0 Å². The van der Waals surface area contributed by atoms with Crippen LogP contribution >= 0.6 is 0 Å². The lowest BCUT2D eigenvalue weighted by molar-refractivity contribution is -0.402. The molecule has 0 aromatic carbocycles. The van der Waals surface area contributed by atoms with E-state index in [9.17, 15) is 10.4 Å². The zero-order valence-electron chi connectivity index (χ0n) is 6.88. The van der Waals surface area contributed by atoms with Crippen molar-refractivity contribution >= 4 is 11.7 Å². The van der Waals surface area contributed by atoms with Crippen LogP contribution < -0.4 is 10.9 Å². The molecule has 0 bridgehead atoms. The maximum Gasteiger partial charge on any atom is 0.415 e. The molecule has 0 fully saturated rings. The lowest BCUT2D eigenvalue weighted by atomic mass is 10.5. The van der Waals surface area contributed by atoms with Gasteiger partial charge < -0.3 is 15.7 Å². The van der Waals surface area contributed by atoms with E-state index in [1.807, 2.05) is 0 Å². The molecule has 78 valence electrons. The number of nitrogens with zero attached hydrogens (tertiary/aromatic N) is 4. The van der Waals surface area contributed by atoms with Gasteiger partial charge in [0.25, 0.3) is 0 Å². The van der Waals surface area contributed by atoms with Crippen LogP contribution in [-0.4, -0.2) is 34.9 Å². The minimum absolute atomic E-state index is 0.101. The lowest BCUT2D eigenvalue weighted by Crippen LogP contribution is -2.34. The fourth-order valence-corrected chi connectivity index (χ4v) is 0.836. The van der Waals surface area contributed by atoms with E-state index in [2.05, 4.69) is 25.7 Å². The van der Waals surface area contributed by atoms with Crippen LogP contribution in [-0.2, 0) is 4.99 Å². The van der Waals surface area contributed by atoms with Crippen LogP contribution in [0.4, 0.5) is 0 Å². The number of hydrazone groups is 1. The summed E-state index contributed by atoms with van der Waals surface area (Å²) >= 11 is 0. The number of hydroxylamine groups is 1. The van der Waals surface area contributed by atoms with Crippen molar-refractivity contribution in [3.63, 3.8) is 0 Å². The molecule has 0 aliphatic carbocycles. The third-order valence-corrected chi connectivity index (χ3v) is 1.33. The van der Waals surface area contributed by atoms with Crippen LogP contribution in [0.2, 0.25) is 0 Å². The van der Waals surface area contributed by atoms with Crippen molar-refractivity contribution in [2.45, 2.75) is 0 Å². The van der Waals surface area contributed by atoms with Crippen molar-refractivity contribution in [3.05, 3.63) is 10.4 Å². The van der Waals surface area contributed by atoms with Crippen LogP contribution in [0.3, 0.4) is 0 Å². The second-order valence-corrected chi connectivity index (χ2v) is 2.13. The van der Waals surface area contributed by atoms with Crippen LogP contribution in [0, 0.1) is 10.4 Å². The number of nitrogens with one attached hydrogen (secondary N) is 2. The van der Waals surface area contributed by atoms with E-state index in [1.54, 1.807) is 5.59 Å². The van der Waals surface area contributed by atoms with E-state index in [1.165, 1.54) is 0 Å². The van der Waals surface area contributed by atoms with Gasteiger partial charge in [0.1, 0.15) is 0 Å². The Bertz CT molecular complexity index is 286. The first-order valence-corrected chi connectivity index (χ1v) is 3.52. The SMILES string of the molecule is [O-]/N=[N+](\[O-])C(=NNOO)C1=NCCN1. The molecular formula is C4H7N6O4-. The van der Waals surface area contributed by atoms with Crippen LogP contribution in [0.25, 0.3) is 0 Å². The smallest absolute Gasteiger partial charge is 0.415 e. The predicted octanol–water partition coefficient (Wildman–Crippen LogP) is -1.24. The van der Waals surface area contributed by atoms with Gasteiger partial charge in [-0.05, 0) is 0 Å². The van der Waals surface area contributed by atoms with Gasteiger partial charge in [-0.15, -0.1) is 10.1 Å². The minimum Gasteiger partial charge on any atom is -0.758 e. The molecule has 1 rings (SSSR count). The van der Waals surface area contributed by atoms with Gasteiger partial charge in [-0.25, -0.2) is 5.26 Å². The maximum atomic E-state index is 10.8. The lowest BCUT2D eigenvalue weighted by Gasteiger charge is -2.06. The molecule has 14 heavy (non-hydrogen) atoms. The highest BCUT2D eigenvalue weighted by Gasteiger charge is 2.22. The van der Waals surface area contributed by atoms with Gasteiger partial charge in [0.15, 0.2) is 0 Å². The first-order chi connectivity index (χ1) is 6.79. The highest BCUT2D eigenvalue weighted by molar-refractivity contribution is 6.37. The Kier molecular flexibility index (Phi) is 3.58. The van der Waals surface area contributed by atoms with Gasteiger partial charge in [0.2, 0.25) is 5.84 Å². The molecular weight excluding hydrogens is 196 g/mol. The number of amidine groups is 2. The number of hydrogen-bond acceptors (Lipinski definition) is 9. The minimum atomic E-state index is -0.424. The second kappa shape index (κ2) is 4.94. The number of aliphatic imine (C=N–C) groups is 1. The molecule has 1 aliphatic heterocycles. The van der Waals surface area contributed by atoms with E-state index in [0.29, 0.717) is 13.1 Å². The summed E-state index contributed by atoms with van der Waals surface area (Å²) in [5, 5.41) is 36.6. The summed E-state index contributed by atoms with van der Waals surface area (Å²) < 4.78 is 0. The molecule has 0 amide bonds. The fraction of sp³-hybridized carbons (Fsp3) is 0.500. The van der Waals surface area contributed by atoms with Crippen molar-refractivity contribution in [2.75, 3.05) is 13.1 Å². The topological polar surface area (TPSA) is 140 Å². The highest BCUT2D eigenvalue weighted by atomic mass is 17.2. The van der Waals surface area contributed by atoms with E-state index in [4.69, 9.17) is 5.26 Å². The van der Waals surface area contributed by atoms with Crippen molar-refractivity contribution in [2.24, 2.45) is 15.4 Å². The van der Waals surface area contributed by atoms with Crippen LogP contribution in [0.5, 0.6) is 0 Å². The summed E-state index contributed by atoms with van der Waals surface area (Å²) in [6.45, 7) is 0.988. The van der Waals surface area contributed by atoms with Gasteiger partial charge in [-0.1, -0.05) is 10.6 Å². The predicted molar refractivity (Wildman–Crippen MR) is 44.0 cm³/mol. The molecule has 0 saturated heterocycles. The van der Waals surface area contributed by atoms with Gasteiger partial charge in [0, 0.05) is 6.54 Å². The first-order valence-electron chi connectivity index (χ1n) is 3.52. The molecule has 0 atom stereocenters. The Balaban J connectivity index is 2.81. The van der Waals surface area contributed by atoms with Gasteiger partial charge >= 0.3 is 5.84 Å². The van der Waals surface area contributed by atoms with Crippen molar-refractivity contribution in [1.29, 1.82) is 0 Å². The van der Waals surface area contributed by atoms with E-state index < -0.39 is 5.84 Å². The monoisotopic (exact) mass is 203 g/mol. The Hall–Kier alpha value is -1.94. The maximum absolute atomic E-state index is 10.8. The molecule has 10 heteroatoms. The highest BCUT2D eigenvalue weighted by Crippen LogP contribution is 1.91. The average molecular weight is 203 g/mol. The molecule has 0 spiro atoms. The quantitative estimate of drug-likeness (QED) is 0.131. The van der Waals surface area contributed by atoms with Crippen LogP contribution in [0.15, 0.2) is 15.4 Å². The molecule has 0 radical (unpaired) electrons. The normalized spacial score (nSPS) is 17.6. The van der Waals surface area contributed by atoms with Crippen molar-refractivity contribution in [3.8, 4) is 0 Å².